The second-order valence-corrected chi connectivity index (χ2v) is 27.6. The van der Waals surface area contributed by atoms with Crippen molar-refractivity contribution in [2.24, 2.45) is 0 Å². The molecule has 2 aliphatic heterocycles. The van der Waals surface area contributed by atoms with Crippen molar-refractivity contribution in [3.05, 3.63) is 251 Å². The Morgan fingerprint density at radius 1 is 0.446 bits per heavy atom. The molecule has 9 rings (SSSR count). The smallest absolute Gasteiger partial charge is 0.410 e. The van der Waals surface area contributed by atoms with Gasteiger partial charge in [0.15, 0.2) is 14.6 Å². The molecule has 13 nitrogen and oxygen atoms in total. The van der Waals surface area contributed by atoms with Gasteiger partial charge in [-0.25, -0.2) is 4.79 Å². The van der Waals surface area contributed by atoms with Crippen LogP contribution in [0.5, 0.6) is 0 Å². The summed E-state index contributed by atoms with van der Waals surface area (Å²) < 4.78 is 69.8. The van der Waals surface area contributed by atoms with Gasteiger partial charge in [0.25, 0.3) is 0 Å². The average Bonchev–Trinajstić information content (AvgIpc) is 3.68. The highest BCUT2D eigenvalue weighted by Crippen LogP contribution is 2.40. The Morgan fingerprint density at radius 2 is 0.807 bits per heavy atom. The first-order valence-electron chi connectivity index (χ1n) is 28.9. The third-order valence-corrected chi connectivity index (χ3v) is 20.3. The number of hydrogen-bond acceptors (Lipinski definition) is 12. The molecule has 14 heteroatoms. The van der Waals surface area contributed by atoms with Crippen LogP contribution in [0.25, 0.3) is 0 Å². The Morgan fingerprint density at radius 3 is 1.23 bits per heavy atom. The summed E-state index contributed by atoms with van der Waals surface area (Å²) in [4.78, 5) is 16.8. The molecule has 0 saturated carbocycles. The van der Waals surface area contributed by atoms with Gasteiger partial charge in [-0.2, -0.15) is 0 Å². The SMILES string of the molecule is CC(C)(C)[Si](C)(C)OC[C@@H]1[C@@H](OCc2ccccc2)[C@H](O[C@H]2O[C@H](COCc3ccccc3)[C@@H](OCc3ccccc3)[C@H](OCc3ccccc3)[C@@H]2OCc2ccccc2)[C@H](O)[C@H](COCc2ccccc2)N1C(=O)OCc1ccccc1. The quantitative estimate of drug-likeness (QED) is 0.0492. The van der Waals surface area contributed by atoms with Crippen molar-refractivity contribution in [3.8, 4) is 0 Å². The van der Waals surface area contributed by atoms with Crippen LogP contribution in [-0.4, -0.2) is 105 Å². The molecule has 7 aromatic rings. The lowest BCUT2D eigenvalue weighted by Crippen LogP contribution is -2.72. The second kappa shape index (κ2) is 30.4. The van der Waals surface area contributed by atoms with Gasteiger partial charge in [-0.3, -0.25) is 4.90 Å². The monoisotopic (exact) mass is 1140 g/mol. The molecule has 0 aliphatic carbocycles. The zero-order valence-electron chi connectivity index (χ0n) is 48.4. The predicted molar refractivity (Wildman–Crippen MR) is 321 cm³/mol. The summed E-state index contributed by atoms with van der Waals surface area (Å²) in [5.74, 6) is 0. The molecular formula is C69H81NO12Si. The van der Waals surface area contributed by atoms with E-state index in [9.17, 15) is 5.11 Å². The third-order valence-electron chi connectivity index (χ3n) is 15.8. The van der Waals surface area contributed by atoms with E-state index < -0.39 is 75.5 Å². The van der Waals surface area contributed by atoms with Gasteiger partial charge in [0.05, 0.1) is 71.5 Å². The summed E-state index contributed by atoms with van der Waals surface area (Å²) in [5, 5.41) is 13.3. The maximum absolute atomic E-state index is 15.3. The van der Waals surface area contributed by atoms with E-state index >= 15 is 4.79 Å². The Bertz CT molecular complexity index is 2950. The predicted octanol–water partition coefficient (Wildman–Crippen LogP) is 12.6. The van der Waals surface area contributed by atoms with E-state index in [1.165, 1.54) is 0 Å². The van der Waals surface area contributed by atoms with Gasteiger partial charge in [0, 0.05) is 0 Å². The van der Waals surface area contributed by atoms with E-state index in [-0.39, 0.29) is 64.5 Å². The molecule has 2 saturated heterocycles. The maximum atomic E-state index is 15.3. The number of hydrogen-bond donors (Lipinski definition) is 1. The number of benzene rings is 7. The van der Waals surface area contributed by atoms with Gasteiger partial charge in [-0.15, -0.1) is 0 Å². The van der Waals surface area contributed by atoms with Crippen LogP contribution in [0.3, 0.4) is 0 Å². The zero-order chi connectivity index (χ0) is 57.9. The number of carbonyl (C=O) groups is 1. The van der Waals surface area contributed by atoms with Crippen LogP contribution in [0.1, 0.15) is 59.7 Å². The molecule has 2 fully saturated rings. The van der Waals surface area contributed by atoms with E-state index in [2.05, 4.69) is 33.9 Å². The molecule has 2 aliphatic rings. The van der Waals surface area contributed by atoms with Crippen molar-refractivity contribution in [1.29, 1.82) is 0 Å². The molecule has 0 aromatic heterocycles. The Kier molecular flexibility index (Phi) is 22.4. The van der Waals surface area contributed by atoms with Crippen LogP contribution in [0.15, 0.2) is 212 Å². The van der Waals surface area contributed by atoms with Crippen molar-refractivity contribution < 1.29 is 57.0 Å². The van der Waals surface area contributed by atoms with Crippen LogP contribution in [-0.2, 0) is 93.3 Å². The van der Waals surface area contributed by atoms with Gasteiger partial charge in [-0.1, -0.05) is 233 Å². The van der Waals surface area contributed by atoms with Gasteiger partial charge >= 0.3 is 6.09 Å². The highest BCUT2D eigenvalue weighted by Gasteiger charge is 2.57. The van der Waals surface area contributed by atoms with Crippen LogP contribution in [0.4, 0.5) is 4.79 Å². The van der Waals surface area contributed by atoms with Crippen LogP contribution < -0.4 is 0 Å². The van der Waals surface area contributed by atoms with E-state index in [0.717, 1.165) is 38.9 Å². The summed E-state index contributed by atoms with van der Waals surface area (Å²) >= 11 is 0. The first-order chi connectivity index (χ1) is 40.4. The lowest BCUT2D eigenvalue weighted by molar-refractivity contribution is -0.353. The standard InChI is InChI=1S/C69H81NO12Si/c1-69(2,3)83(4,5)80-49-59-62(75-43-53-31-17-8-18-32-53)64(61(71)58(48-73-41-51-27-13-6-14-28-51)70(59)68(72)79-47-57-39-25-12-26-40-57)82-67-66(78-46-56-37-23-11-24-38-56)65(77-45-55-35-21-10-22-36-55)63(76-44-54-33-19-9-20-34-54)60(81-67)50-74-42-52-29-15-7-16-30-52/h6-40,58-67,71H,41-50H2,1-5H3/t58-,59+,60+,61+,62+,63+,64+,65-,66-,67+/m0/s1. The molecule has 0 bridgehead atoms. The Labute approximate surface area is 491 Å². The number of aliphatic hydroxyl groups is 1. The number of nitrogens with zero attached hydrogens (tertiary/aromatic N) is 1. The van der Waals surface area contributed by atoms with Crippen LogP contribution >= 0.6 is 0 Å². The third kappa shape index (κ3) is 17.4. The Hall–Kier alpha value is -6.37. The number of carbonyl (C=O) groups excluding carboxylic acids is 1. The van der Waals surface area contributed by atoms with E-state index in [1.807, 2.05) is 212 Å². The zero-order valence-corrected chi connectivity index (χ0v) is 49.4. The van der Waals surface area contributed by atoms with Gasteiger partial charge in [-0.05, 0) is 57.1 Å². The fraction of sp³-hybridized carbons (Fsp3) is 0.377. The van der Waals surface area contributed by atoms with E-state index in [4.69, 9.17) is 47.1 Å². The maximum Gasteiger partial charge on any atom is 0.410 e. The van der Waals surface area contributed by atoms with Crippen molar-refractivity contribution >= 4 is 14.4 Å². The molecule has 2 heterocycles. The summed E-state index contributed by atoms with van der Waals surface area (Å²) in [5.41, 5.74) is 6.39. The summed E-state index contributed by atoms with van der Waals surface area (Å²) in [6.45, 7) is 12.0. The number of likely N-dealkylation sites (tertiary alicyclic amines) is 1. The van der Waals surface area contributed by atoms with Crippen molar-refractivity contribution in [3.63, 3.8) is 0 Å². The normalized spacial score (nSPS) is 22.9. The molecule has 1 amide bonds. The Balaban J connectivity index is 1.16. The molecule has 83 heavy (non-hydrogen) atoms. The average molecular weight is 1140 g/mol. The minimum atomic E-state index is -2.56. The lowest BCUT2D eigenvalue weighted by Gasteiger charge is -2.53. The van der Waals surface area contributed by atoms with Gasteiger partial charge < -0.3 is 52.2 Å². The molecule has 7 aromatic carbocycles. The molecule has 438 valence electrons. The van der Waals surface area contributed by atoms with Crippen LogP contribution in [0, 0.1) is 0 Å². The number of aliphatic hydroxyl groups excluding tert-OH is 1. The molecule has 0 spiro atoms. The van der Waals surface area contributed by atoms with E-state index in [0.29, 0.717) is 6.61 Å². The van der Waals surface area contributed by atoms with Crippen molar-refractivity contribution in [2.45, 2.75) is 146 Å². The largest absolute Gasteiger partial charge is 0.445 e. The van der Waals surface area contributed by atoms with Crippen molar-refractivity contribution in [1.82, 2.24) is 4.90 Å². The fourth-order valence-corrected chi connectivity index (χ4v) is 11.2. The minimum absolute atomic E-state index is 0.0168. The minimum Gasteiger partial charge on any atom is -0.445 e. The summed E-state index contributed by atoms with van der Waals surface area (Å²) in [6, 6.07) is 67.0. The molecule has 0 radical (unpaired) electrons. The molecule has 0 unspecified atom stereocenters. The topological polar surface area (TPSA) is 133 Å². The number of rotatable bonds is 27. The van der Waals surface area contributed by atoms with Gasteiger partial charge in [0.1, 0.15) is 49.3 Å². The van der Waals surface area contributed by atoms with Gasteiger partial charge in [0.2, 0.25) is 0 Å². The fourth-order valence-electron chi connectivity index (χ4n) is 10.1. The molecule has 10 atom stereocenters. The van der Waals surface area contributed by atoms with Crippen molar-refractivity contribution in [2.75, 3.05) is 19.8 Å². The number of ether oxygens (including phenoxy) is 9. The summed E-state index contributed by atoms with van der Waals surface area (Å²) in [7, 11) is -2.56. The molecule has 1 N–H and O–H groups in total. The highest BCUT2D eigenvalue weighted by molar-refractivity contribution is 6.74. The van der Waals surface area contributed by atoms with E-state index in [1.54, 1.807) is 4.90 Å². The second-order valence-electron chi connectivity index (χ2n) is 22.8. The highest BCUT2D eigenvalue weighted by atomic mass is 28.4. The number of amides is 1. The first kappa shape index (κ1) is 61.2. The first-order valence-corrected chi connectivity index (χ1v) is 31.8. The van der Waals surface area contributed by atoms with Crippen LogP contribution in [0.2, 0.25) is 18.1 Å². The lowest BCUT2D eigenvalue weighted by atomic mass is 9.87. The summed E-state index contributed by atoms with van der Waals surface area (Å²) in [6.07, 6.45) is -9.08. The number of piperidine rings is 1. The molecular weight excluding hydrogens is 1060 g/mol.